The summed E-state index contributed by atoms with van der Waals surface area (Å²) in [6.45, 7) is 5.98. The zero-order valence-electron chi connectivity index (χ0n) is 13.8. The molecular weight excluding hydrogens is 272 g/mol. The normalized spacial score (nSPS) is 27.2. The van der Waals surface area contributed by atoms with E-state index in [9.17, 15) is 0 Å². The molecule has 22 heavy (non-hydrogen) atoms. The van der Waals surface area contributed by atoms with Crippen LogP contribution in [-0.2, 0) is 13.6 Å². The van der Waals surface area contributed by atoms with Crippen LogP contribution in [0.15, 0.2) is 24.3 Å². The van der Waals surface area contributed by atoms with E-state index in [2.05, 4.69) is 52.7 Å². The van der Waals surface area contributed by atoms with Crippen LogP contribution in [0.1, 0.15) is 25.1 Å². The van der Waals surface area contributed by atoms with Gasteiger partial charge in [-0.25, -0.2) is 4.98 Å². The van der Waals surface area contributed by atoms with Gasteiger partial charge in [-0.1, -0.05) is 12.1 Å². The maximum absolute atomic E-state index is 4.84. The monoisotopic (exact) mass is 298 g/mol. The Morgan fingerprint density at radius 1 is 1.09 bits per heavy atom. The molecule has 0 aliphatic carbocycles. The second-order valence-electron chi connectivity index (χ2n) is 7.38. The van der Waals surface area contributed by atoms with E-state index >= 15 is 0 Å². The number of likely N-dealkylation sites (tertiary alicyclic amines) is 2. The summed E-state index contributed by atoms with van der Waals surface area (Å²) in [4.78, 5) is 9.96. The molecule has 3 heterocycles. The molecule has 0 unspecified atom stereocenters. The van der Waals surface area contributed by atoms with Crippen LogP contribution in [-0.4, -0.2) is 52.6 Å². The highest BCUT2D eigenvalue weighted by molar-refractivity contribution is 5.75. The topological polar surface area (TPSA) is 24.3 Å². The molecule has 1 aromatic heterocycles. The molecule has 118 valence electrons. The van der Waals surface area contributed by atoms with Crippen LogP contribution >= 0.6 is 0 Å². The molecule has 0 radical (unpaired) electrons. The highest BCUT2D eigenvalue weighted by atomic mass is 15.2. The van der Waals surface area contributed by atoms with Gasteiger partial charge >= 0.3 is 0 Å². The van der Waals surface area contributed by atoms with Crippen molar-refractivity contribution in [1.29, 1.82) is 0 Å². The largest absolute Gasteiger partial charge is 0.330 e. The first-order valence-corrected chi connectivity index (χ1v) is 8.47. The fourth-order valence-electron chi connectivity index (χ4n) is 4.49. The molecule has 0 N–H and O–H groups in total. The summed E-state index contributed by atoms with van der Waals surface area (Å²) in [5, 5.41) is 0. The van der Waals surface area contributed by atoms with Crippen LogP contribution in [0.25, 0.3) is 11.0 Å². The van der Waals surface area contributed by atoms with Crippen LogP contribution < -0.4 is 0 Å². The average Bonchev–Trinajstić information content (AvgIpc) is 3.02. The zero-order chi connectivity index (χ0) is 15.2. The predicted octanol–water partition coefficient (Wildman–Crippen LogP) is 2.49. The minimum Gasteiger partial charge on any atom is -0.330 e. The van der Waals surface area contributed by atoms with Crippen LogP contribution in [0, 0.1) is 5.41 Å². The summed E-state index contributed by atoms with van der Waals surface area (Å²) in [6, 6.07) is 8.44. The van der Waals surface area contributed by atoms with Crippen LogP contribution in [0.3, 0.4) is 0 Å². The summed E-state index contributed by atoms with van der Waals surface area (Å²) in [6.07, 6.45) is 4.11. The van der Waals surface area contributed by atoms with Crippen molar-refractivity contribution in [3.05, 3.63) is 30.1 Å². The third kappa shape index (κ3) is 2.44. The van der Waals surface area contributed by atoms with E-state index in [-0.39, 0.29) is 0 Å². The number of aryl methyl sites for hydroxylation is 1. The van der Waals surface area contributed by atoms with E-state index in [0.717, 1.165) is 12.1 Å². The number of imidazole rings is 1. The Balaban J connectivity index is 1.51. The summed E-state index contributed by atoms with van der Waals surface area (Å²) in [7, 11) is 4.42. The van der Waals surface area contributed by atoms with Crippen LogP contribution in [0.5, 0.6) is 0 Å². The third-order valence-electron chi connectivity index (χ3n) is 5.61. The Kier molecular flexibility index (Phi) is 3.46. The Morgan fingerprint density at radius 2 is 1.95 bits per heavy atom. The highest BCUT2D eigenvalue weighted by Gasteiger charge is 2.40. The lowest BCUT2D eigenvalue weighted by Gasteiger charge is -2.38. The molecule has 4 nitrogen and oxygen atoms in total. The maximum atomic E-state index is 4.84. The Hall–Kier alpha value is -1.39. The standard InChI is InChI=1S/C18H26N4/c1-20-10-5-8-18(13-20)9-11-22(14-18)12-17-19-15-6-3-4-7-16(15)21(17)2/h3-4,6-7H,5,8-14H2,1-2H3/t18-/m0/s1. The fourth-order valence-corrected chi connectivity index (χ4v) is 4.49. The summed E-state index contributed by atoms with van der Waals surface area (Å²) >= 11 is 0. The minimum atomic E-state index is 0.539. The number of fused-ring (bicyclic) bond motifs is 1. The predicted molar refractivity (Wildman–Crippen MR) is 89.8 cm³/mol. The molecule has 2 fully saturated rings. The van der Waals surface area contributed by atoms with Gasteiger partial charge in [0.15, 0.2) is 0 Å². The number of aromatic nitrogens is 2. The quantitative estimate of drug-likeness (QED) is 0.851. The molecule has 2 aliphatic rings. The van der Waals surface area contributed by atoms with E-state index in [1.54, 1.807) is 0 Å². The number of para-hydroxylation sites is 2. The van der Waals surface area contributed by atoms with Gasteiger partial charge in [-0.05, 0) is 56.9 Å². The number of rotatable bonds is 2. The number of hydrogen-bond acceptors (Lipinski definition) is 3. The van der Waals surface area contributed by atoms with Gasteiger partial charge in [-0.15, -0.1) is 0 Å². The van der Waals surface area contributed by atoms with Gasteiger partial charge < -0.3 is 9.47 Å². The third-order valence-corrected chi connectivity index (χ3v) is 5.61. The van der Waals surface area contributed by atoms with Gasteiger partial charge in [0, 0.05) is 20.1 Å². The van der Waals surface area contributed by atoms with Gasteiger partial charge in [0.1, 0.15) is 5.82 Å². The van der Waals surface area contributed by atoms with Crippen molar-refractivity contribution in [2.24, 2.45) is 12.5 Å². The lowest BCUT2D eigenvalue weighted by Crippen LogP contribution is -2.42. The molecule has 0 bridgehead atoms. The van der Waals surface area contributed by atoms with E-state index in [1.807, 2.05) is 0 Å². The highest BCUT2D eigenvalue weighted by Crippen LogP contribution is 2.39. The van der Waals surface area contributed by atoms with E-state index < -0.39 is 0 Å². The molecule has 4 rings (SSSR count). The van der Waals surface area contributed by atoms with Crippen molar-refractivity contribution in [2.75, 3.05) is 33.2 Å². The van der Waals surface area contributed by atoms with Crippen molar-refractivity contribution in [3.8, 4) is 0 Å². The van der Waals surface area contributed by atoms with Gasteiger partial charge in [-0.3, -0.25) is 4.90 Å². The van der Waals surface area contributed by atoms with Gasteiger partial charge in [0.25, 0.3) is 0 Å². The van der Waals surface area contributed by atoms with Crippen molar-refractivity contribution in [1.82, 2.24) is 19.4 Å². The lowest BCUT2D eigenvalue weighted by atomic mass is 9.79. The number of benzene rings is 1. The molecule has 4 heteroatoms. The Morgan fingerprint density at radius 3 is 2.77 bits per heavy atom. The Labute approximate surface area is 132 Å². The number of piperidine rings is 1. The minimum absolute atomic E-state index is 0.539. The first-order valence-electron chi connectivity index (χ1n) is 8.47. The van der Waals surface area contributed by atoms with E-state index in [0.29, 0.717) is 5.41 Å². The summed E-state index contributed by atoms with van der Waals surface area (Å²) in [5.74, 6) is 1.20. The van der Waals surface area contributed by atoms with Crippen molar-refractivity contribution < 1.29 is 0 Å². The van der Waals surface area contributed by atoms with Gasteiger partial charge in [-0.2, -0.15) is 0 Å². The first-order chi connectivity index (χ1) is 10.7. The second-order valence-corrected chi connectivity index (χ2v) is 7.38. The second kappa shape index (κ2) is 5.36. The van der Waals surface area contributed by atoms with Crippen molar-refractivity contribution in [3.63, 3.8) is 0 Å². The molecule has 1 aromatic carbocycles. The van der Waals surface area contributed by atoms with Gasteiger partial charge in [0.05, 0.1) is 17.6 Å². The summed E-state index contributed by atoms with van der Waals surface area (Å²) < 4.78 is 2.26. The number of nitrogens with zero attached hydrogens (tertiary/aromatic N) is 4. The molecule has 0 amide bonds. The van der Waals surface area contributed by atoms with Crippen LogP contribution in [0.2, 0.25) is 0 Å². The lowest BCUT2D eigenvalue weighted by molar-refractivity contribution is 0.111. The SMILES string of the molecule is CN1CCC[C@]2(CCN(Cc3nc4ccccc4n3C)C2)C1. The molecular formula is C18H26N4. The molecule has 0 saturated carbocycles. The fraction of sp³-hybridized carbons (Fsp3) is 0.611. The maximum Gasteiger partial charge on any atom is 0.123 e. The van der Waals surface area contributed by atoms with Crippen molar-refractivity contribution >= 4 is 11.0 Å². The van der Waals surface area contributed by atoms with E-state index in [4.69, 9.17) is 4.98 Å². The average molecular weight is 298 g/mol. The van der Waals surface area contributed by atoms with Gasteiger partial charge in [0.2, 0.25) is 0 Å². The Bertz CT molecular complexity index is 677. The zero-order valence-corrected chi connectivity index (χ0v) is 13.8. The first kappa shape index (κ1) is 14.2. The smallest absolute Gasteiger partial charge is 0.123 e. The molecule has 2 saturated heterocycles. The number of hydrogen-bond donors (Lipinski definition) is 0. The molecule has 2 aliphatic heterocycles. The molecule has 1 spiro atoms. The summed E-state index contributed by atoms with van der Waals surface area (Å²) in [5.41, 5.74) is 2.90. The molecule has 1 atom stereocenters. The molecule has 2 aromatic rings. The van der Waals surface area contributed by atoms with E-state index in [1.165, 1.54) is 56.8 Å². The van der Waals surface area contributed by atoms with Crippen molar-refractivity contribution in [2.45, 2.75) is 25.8 Å². The van der Waals surface area contributed by atoms with Crippen LogP contribution in [0.4, 0.5) is 0 Å².